The van der Waals surface area contributed by atoms with E-state index in [2.05, 4.69) is 63.9 Å². The van der Waals surface area contributed by atoms with Gasteiger partial charge in [-0.05, 0) is 41.6 Å². The summed E-state index contributed by atoms with van der Waals surface area (Å²) in [5, 5.41) is 1.29. The molecule has 1 heterocycles. The van der Waals surface area contributed by atoms with Crippen LogP contribution in [0.4, 0.5) is 0 Å². The van der Waals surface area contributed by atoms with Gasteiger partial charge in [0.25, 0.3) is 0 Å². The zero-order valence-corrected chi connectivity index (χ0v) is 13.9. The van der Waals surface area contributed by atoms with Crippen molar-refractivity contribution in [1.29, 1.82) is 0 Å². The third-order valence-corrected chi connectivity index (χ3v) is 4.33. The van der Waals surface area contributed by atoms with Crippen molar-refractivity contribution in [3.63, 3.8) is 0 Å². The maximum Gasteiger partial charge on any atom is 0.123 e. The van der Waals surface area contributed by atoms with Gasteiger partial charge in [-0.2, -0.15) is 0 Å². The van der Waals surface area contributed by atoms with Crippen LogP contribution in [0.1, 0.15) is 18.1 Å². The lowest BCUT2D eigenvalue weighted by atomic mass is 10.1. The zero-order valence-electron chi connectivity index (χ0n) is 12.3. The maximum absolute atomic E-state index is 5.48. The van der Waals surface area contributed by atoms with Crippen LogP contribution in [0.5, 0.6) is 5.75 Å². The summed E-state index contributed by atoms with van der Waals surface area (Å²) in [6.07, 6.45) is 3.20. The molecule has 0 N–H and O–H groups in total. The number of benzene rings is 2. The van der Waals surface area contributed by atoms with Crippen LogP contribution in [0.3, 0.4) is 0 Å². The number of nitrogens with zero attached hydrogens (tertiary/aromatic N) is 1. The molecule has 0 aliphatic carbocycles. The Morgan fingerprint density at radius 2 is 1.95 bits per heavy atom. The molecule has 0 fully saturated rings. The Hall–Kier alpha value is -1.74. The first-order valence-electron chi connectivity index (χ1n) is 7.12. The molecule has 0 aliphatic rings. The van der Waals surface area contributed by atoms with E-state index >= 15 is 0 Å². The molecular formula is C18H18BrNO. The predicted octanol–water partition coefficient (Wildman–Crippen LogP) is 5.02. The number of hydrogen-bond acceptors (Lipinski definition) is 1. The average Bonchev–Trinajstić information content (AvgIpc) is 2.91. The highest BCUT2D eigenvalue weighted by Gasteiger charge is 2.09. The van der Waals surface area contributed by atoms with Gasteiger partial charge in [-0.1, -0.05) is 41.1 Å². The van der Waals surface area contributed by atoms with Crippen molar-refractivity contribution in [3.05, 3.63) is 64.3 Å². The van der Waals surface area contributed by atoms with Crippen LogP contribution in [0.2, 0.25) is 0 Å². The lowest BCUT2D eigenvalue weighted by molar-refractivity contribution is 0.408. The number of methoxy groups -OCH3 is 1. The van der Waals surface area contributed by atoms with E-state index in [1.165, 1.54) is 22.0 Å². The van der Waals surface area contributed by atoms with Gasteiger partial charge in [0, 0.05) is 16.2 Å². The normalized spacial score (nSPS) is 11.0. The number of rotatable bonds is 4. The van der Waals surface area contributed by atoms with Gasteiger partial charge in [0.15, 0.2) is 0 Å². The van der Waals surface area contributed by atoms with Gasteiger partial charge in [-0.25, -0.2) is 0 Å². The number of fused-ring (bicyclic) bond motifs is 1. The van der Waals surface area contributed by atoms with E-state index in [0.717, 1.165) is 23.2 Å². The van der Waals surface area contributed by atoms with E-state index in [0.29, 0.717) is 0 Å². The number of aryl methyl sites for hydroxylation is 1. The second kappa shape index (κ2) is 5.94. The summed E-state index contributed by atoms with van der Waals surface area (Å²) in [5.74, 6) is 0.925. The number of para-hydroxylation sites is 1. The van der Waals surface area contributed by atoms with E-state index in [9.17, 15) is 0 Å². The fraction of sp³-hybridized carbons (Fsp3) is 0.222. The van der Waals surface area contributed by atoms with E-state index in [1.807, 2.05) is 12.1 Å². The van der Waals surface area contributed by atoms with Crippen molar-refractivity contribution in [1.82, 2.24) is 4.57 Å². The smallest absolute Gasteiger partial charge is 0.123 e. The number of aromatic nitrogens is 1. The molecule has 3 heteroatoms. The molecule has 1 aromatic heterocycles. The Morgan fingerprint density at radius 1 is 1.10 bits per heavy atom. The standard InChI is InChI=1S/C18H18BrNO/c1-3-13-5-4-6-14-9-10-20(18(13)14)12-15-11-16(19)7-8-17(15)21-2/h4-11H,3,12H2,1-2H3. The van der Waals surface area contributed by atoms with Crippen molar-refractivity contribution in [2.24, 2.45) is 0 Å². The molecule has 0 saturated carbocycles. The van der Waals surface area contributed by atoms with E-state index in [4.69, 9.17) is 4.74 Å². The quantitative estimate of drug-likeness (QED) is 0.648. The molecule has 0 radical (unpaired) electrons. The van der Waals surface area contributed by atoms with Crippen LogP contribution in [-0.4, -0.2) is 11.7 Å². The lowest BCUT2D eigenvalue weighted by Gasteiger charge is -2.12. The van der Waals surface area contributed by atoms with Crippen molar-refractivity contribution < 1.29 is 4.74 Å². The summed E-state index contributed by atoms with van der Waals surface area (Å²) in [4.78, 5) is 0. The van der Waals surface area contributed by atoms with Crippen LogP contribution in [0.25, 0.3) is 10.9 Å². The minimum atomic E-state index is 0.809. The molecule has 0 saturated heterocycles. The van der Waals surface area contributed by atoms with Crippen LogP contribution in [0.15, 0.2) is 53.1 Å². The molecule has 108 valence electrons. The van der Waals surface area contributed by atoms with Crippen molar-refractivity contribution >= 4 is 26.8 Å². The molecule has 2 nitrogen and oxygen atoms in total. The summed E-state index contributed by atoms with van der Waals surface area (Å²) >= 11 is 3.54. The SMILES string of the molecule is CCc1cccc2ccn(Cc3cc(Br)ccc3OC)c12. The zero-order chi connectivity index (χ0) is 14.8. The molecular weight excluding hydrogens is 326 g/mol. The summed E-state index contributed by atoms with van der Waals surface area (Å²) in [6.45, 7) is 3.01. The Labute approximate surface area is 133 Å². The first kappa shape index (κ1) is 14.2. The van der Waals surface area contributed by atoms with Crippen LogP contribution in [0, 0.1) is 0 Å². The minimum absolute atomic E-state index is 0.809. The van der Waals surface area contributed by atoms with E-state index < -0.39 is 0 Å². The summed E-state index contributed by atoms with van der Waals surface area (Å²) in [6, 6.07) is 14.8. The topological polar surface area (TPSA) is 14.2 Å². The van der Waals surface area contributed by atoms with Crippen LogP contribution in [-0.2, 0) is 13.0 Å². The third kappa shape index (κ3) is 2.70. The minimum Gasteiger partial charge on any atom is -0.496 e. The highest BCUT2D eigenvalue weighted by molar-refractivity contribution is 9.10. The largest absolute Gasteiger partial charge is 0.496 e. The molecule has 3 aromatic rings. The van der Waals surface area contributed by atoms with E-state index in [-0.39, 0.29) is 0 Å². The lowest BCUT2D eigenvalue weighted by Crippen LogP contribution is -2.02. The van der Waals surface area contributed by atoms with Crippen molar-refractivity contribution in [2.45, 2.75) is 19.9 Å². The Kier molecular flexibility index (Phi) is 4.02. The average molecular weight is 344 g/mol. The Morgan fingerprint density at radius 3 is 2.71 bits per heavy atom. The molecule has 0 aliphatic heterocycles. The second-order valence-corrected chi connectivity index (χ2v) is 6.02. The Bertz CT molecular complexity index is 776. The third-order valence-electron chi connectivity index (χ3n) is 3.84. The van der Waals surface area contributed by atoms with Gasteiger partial charge >= 0.3 is 0 Å². The first-order valence-corrected chi connectivity index (χ1v) is 7.91. The molecule has 0 atom stereocenters. The second-order valence-electron chi connectivity index (χ2n) is 5.11. The fourth-order valence-corrected chi connectivity index (χ4v) is 3.22. The molecule has 0 spiro atoms. The number of hydrogen-bond donors (Lipinski definition) is 0. The highest BCUT2D eigenvalue weighted by atomic mass is 79.9. The van der Waals surface area contributed by atoms with Gasteiger partial charge in [-0.3, -0.25) is 0 Å². The van der Waals surface area contributed by atoms with Crippen molar-refractivity contribution in [3.8, 4) is 5.75 Å². The Balaban J connectivity index is 2.08. The fourth-order valence-electron chi connectivity index (χ4n) is 2.81. The van der Waals surface area contributed by atoms with Gasteiger partial charge in [0.2, 0.25) is 0 Å². The first-order chi connectivity index (χ1) is 10.2. The van der Waals surface area contributed by atoms with Crippen LogP contribution >= 0.6 is 15.9 Å². The predicted molar refractivity (Wildman–Crippen MR) is 91.1 cm³/mol. The van der Waals surface area contributed by atoms with Gasteiger partial charge in [0.1, 0.15) is 5.75 Å². The molecule has 2 aromatic carbocycles. The molecule has 3 rings (SSSR count). The number of halogens is 1. The number of ether oxygens (including phenoxy) is 1. The maximum atomic E-state index is 5.48. The van der Waals surface area contributed by atoms with Crippen molar-refractivity contribution in [2.75, 3.05) is 7.11 Å². The van der Waals surface area contributed by atoms with Gasteiger partial charge in [0.05, 0.1) is 19.2 Å². The summed E-state index contributed by atoms with van der Waals surface area (Å²) in [5.41, 5.74) is 3.88. The van der Waals surface area contributed by atoms with E-state index in [1.54, 1.807) is 7.11 Å². The monoisotopic (exact) mass is 343 g/mol. The van der Waals surface area contributed by atoms with Gasteiger partial charge in [-0.15, -0.1) is 0 Å². The van der Waals surface area contributed by atoms with Gasteiger partial charge < -0.3 is 9.30 Å². The molecule has 0 amide bonds. The molecule has 21 heavy (non-hydrogen) atoms. The highest BCUT2D eigenvalue weighted by Crippen LogP contribution is 2.27. The molecule has 0 unspecified atom stereocenters. The molecule has 0 bridgehead atoms. The van der Waals surface area contributed by atoms with Crippen LogP contribution < -0.4 is 4.74 Å². The summed E-state index contributed by atoms with van der Waals surface area (Å²) in [7, 11) is 1.72. The summed E-state index contributed by atoms with van der Waals surface area (Å²) < 4.78 is 8.86.